The largest absolute Gasteiger partial charge is 0.448 e. The molecule has 2 aliphatic heterocycles. The van der Waals surface area contributed by atoms with Crippen molar-refractivity contribution < 1.29 is 9.21 Å². The molecular weight excluding hydrogens is 340 g/mol. The van der Waals surface area contributed by atoms with Crippen molar-refractivity contribution in [1.82, 2.24) is 19.7 Å². The van der Waals surface area contributed by atoms with Crippen LogP contribution in [0.1, 0.15) is 34.7 Å². The van der Waals surface area contributed by atoms with E-state index in [1.54, 1.807) is 6.92 Å². The molecule has 1 aromatic carbocycles. The highest BCUT2D eigenvalue weighted by atomic mass is 16.3. The number of carbonyl (C=O) groups is 1. The van der Waals surface area contributed by atoms with Crippen LogP contribution in [0.15, 0.2) is 41.1 Å². The van der Waals surface area contributed by atoms with Crippen LogP contribution in [0, 0.1) is 6.92 Å². The summed E-state index contributed by atoms with van der Waals surface area (Å²) in [5.41, 5.74) is 1.85. The number of aryl methyl sites for hydroxylation is 1. The molecular formula is C21H28N4O2. The van der Waals surface area contributed by atoms with E-state index in [4.69, 9.17) is 4.42 Å². The van der Waals surface area contributed by atoms with Gasteiger partial charge in [-0.15, -0.1) is 0 Å². The first-order chi connectivity index (χ1) is 13.2. The Morgan fingerprint density at radius 3 is 2.41 bits per heavy atom. The Bertz CT molecular complexity index is 745. The Labute approximate surface area is 160 Å². The van der Waals surface area contributed by atoms with Crippen molar-refractivity contribution >= 4 is 5.91 Å². The minimum atomic E-state index is 0.00683. The molecule has 144 valence electrons. The monoisotopic (exact) mass is 368 g/mol. The van der Waals surface area contributed by atoms with Crippen LogP contribution in [0.25, 0.3) is 0 Å². The van der Waals surface area contributed by atoms with Crippen molar-refractivity contribution in [2.24, 2.45) is 0 Å². The number of hydrogen-bond acceptors (Lipinski definition) is 5. The number of rotatable bonds is 4. The predicted molar refractivity (Wildman–Crippen MR) is 103 cm³/mol. The van der Waals surface area contributed by atoms with E-state index in [2.05, 4.69) is 45.1 Å². The van der Waals surface area contributed by atoms with E-state index < -0.39 is 0 Å². The van der Waals surface area contributed by atoms with Crippen molar-refractivity contribution in [3.05, 3.63) is 53.7 Å². The zero-order valence-electron chi connectivity index (χ0n) is 16.0. The van der Waals surface area contributed by atoms with Gasteiger partial charge in [-0.25, -0.2) is 4.98 Å². The number of nitrogens with zero attached hydrogens (tertiary/aromatic N) is 4. The number of aromatic nitrogens is 1. The third-order valence-electron chi connectivity index (χ3n) is 5.87. The lowest BCUT2D eigenvalue weighted by molar-refractivity contribution is 0.0464. The summed E-state index contributed by atoms with van der Waals surface area (Å²) >= 11 is 0. The third kappa shape index (κ3) is 4.22. The van der Waals surface area contributed by atoms with Gasteiger partial charge in [0.2, 0.25) is 0 Å². The Morgan fingerprint density at radius 1 is 1.07 bits per heavy atom. The van der Waals surface area contributed by atoms with Crippen molar-refractivity contribution in [3.63, 3.8) is 0 Å². The van der Waals surface area contributed by atoms with Gasteiger partial charge in [-0.3, -0.25) is 14.6 Å². The van der Waals surface area contributed by atoms with Gasteiger partial charge in [-0.2, -0.15) is 0 Å². The first-order valence-corrected chi connectivity index (χ1v) is 9.90. The van der Waals surface area contributed by atoms with Crippen molar-refractivity contribution in [2.45, 2.75) is 32.4 Å². The lowest BCUT2D eigenvalue weighted by atomic mass is 10.0. The van der Waals surface area contributed by atoms with Gasteiger partial charge in [0.25, 0.3) is 5.91 Å². The summed E-state index contributed by atoms with van der Waals surface area (Å²) in [6, 6.07) is 11.3. The van der Waals surface area contributed by atoms with Gasteiger partial charge >= 0.3 is 0 Å². The average molecular weight is 368 g/mol. The number of likely N-dealkylation sites (tertiary alicyclic amines) is 1. The van der Waals surface area contributed by atoms with Crippen LogP contribution in [0.5, 0.6) is 0 Å². The molecule has 27 heavy (non-hydrogen) atoms. The predicted octanol–water partition coefficient (Wildman–Crippen LogP) is 2.41. The van der Waals surface area contributed by atoms with Crippen LogP contribution in [-0.4, -0.2) is 70.9 Å². The van der Waals surface area contributed by atoms with E-state index in [-0.39, 0.29) is 5.91 Å². The lowest BCUT2D eigenvalue weighted by Crippen LogP contribution is -2.53. The molecule has 0 saturated carbocycles. The fourth-order valence-corrected chi connectivity index (χ4v) is 4.22. The van der Waals surface area contributed by atoms with E-state index in [1.165, 1.54) is 12.0 Å². The summed E-state index contributed by atoms with van der Waals surface area (Å²) < 4.78 is 5.17. The molecule has 0 bridgehead atoms. The summed E-state index contributed by atoms with van der Waals surface area (Å²) in [6.07, 6.45) is 3.44. The highest BCUT2D eigenvalue weighted by Gasteiger charge is 2.30. The molecule has 4 rings (SSSR count). The molecule has 0 unspecified atom stereocenters. The molecule has 6 heteroatoms. The van der Waals surface area contributed by atoms with Crippen molar-refractivity contribution in [1.29, 1.82) is 0 Å². The third-order valence-corrected chi connectivity index (χ3v) is 5.87. The standard InChI is InChI=1S/C21H28N4O2/c1-17-20(22-16-27-17)21(26)25-9-7-19(8-10-25)24-13-11-23(12-14-24)15-18-5-3-2-4-6-18/h2-6,16,19H,7-15H2,1H3. The number of piperidine rings is 1. The van der Waals surface area contributed by atoms with Gasteiger partial charge in [0.1, 0.15) is 5.76 Å². The summed E-state index contributed by atoms with van der Waals surface area (Å²) in [7, 11) is 0. The molecule has 1 amide bonds. The molecule has 0 atom stereocenters. The average Bonchev–Trinajstić information content (AvgIpc) is 3.15. The molecule has 2 aliphatic rings. The van der Waals surface area contributed by atoms with Gasteiger partial charge in [0.05, 0.1) is 0 Å². The van der Waals surface area contributed by atoms with Crippen LogP contribution in [0.2, 0.25) is 0 Å². The topological polar surface area (TPSA) is 52.8 Å². The van der Waals surface area contributed by atoms with E-state index in [9.17, 15) is 4.79 Å². The van der Waals surface area contributed by atoms with Crippen LogP contribution >= 0.6 is 0 Å². The second-order valence-electron chi connectivity index (χ2n) is 7.58. The Balaban J connectivity index is 1.24. The second kappa shape index (κ2) is 8.23. The minimum Gasteiger partial charge on any atom is -0.448 e. The number of hydrogen-bond donors (Lipinski definition) is 0. The maximum Gasteiger partial charge on any atom is 0.276 e. The lowest BCUT2D eigenvalue weighted by Gasteiger charge is -2.42. The smallest absolute Gasteiger partial charge is 0.276 e. The number of oxazole rings is 1. The highest BCUT2D eigenvalue weighted by Crippen LogP contribution is 2.21. The van der Waals surface area contributed by atoms with E-state index in [1.807, 2.05) is 4.90 Å². The summed E-state index contributed by atoms with van der Waals surface area (Å²) in [5.74, 6) is 0.615. The molecule has 2 fully saturated rings. The molecule has 0 spiro atoms. The summed E-state index contributed by atoms with van der Waals surface area (Å²) in [6.45, 7) is 8.92. The summed E-state index contributed by atoms with van der Waals surface area (Å²) in [5, 5.41) is 0. The van der Waals surface area contributed by atoms with Crippen LogP contribution in [-0.2, 0) is 6.54 Å². The SMILES string of the molecule is Cc1ocnc1C(=O)N1CCC(N2CCN(Cc3ccccc3)CC2)CC1. The van der Waals surface area contributed by atoms with Gasteiger partial charge in [-0.05, 0) is 25.3 Å². The van der Waals surface area contributed by atoms with Crippen LogP contribution in [0.4, 0.5) is 0 Å². The van der Waals surface area contributed by atoms with Gasteiger partial charge < -0.3 is 9.32 Å². The molecule has 1 aromatic heterocycles. The first-order valence-electron chi connectivity index (χ1n) is 9.90. The zero-order valence-corrected chi connectivity index (χ0v) is 16.0. The fraction of sp³-hybridized carbons (Fsp3) is 0.524. The van der Waals surface area contributed by atoms with Crippen LogP contribution < -0.4 is 0 Å². The maximum atomic E-state index is 12.6. The molecule has 2 saturated heterocycles. The molecule has 0 aliphatic carbocycles. The number of piperazine rings is 1. The molecule has 3 heterocycles. The van der Waals surface area contributed by atoms with Gasteiger partial charge in [0, 0.05) is 51.9 Å². The molecule has 0 N–H and O–H groups in total. The van der Waals surface area contributed by atoms with Crippen molar-refractivity contribution in [2.75, 3.05) is 39.3 Å². The molecule has 2 aromatic rings. The number of benzene rings is 1. The van der Waals surface area contributed by atoms with E-state index in [0.717, 1.165) is 58.7 Å². The molecule has 0 radical (unpaired) electrons. The Hall–Kier alpha value is -2.18. The van der Waals surface area contributed by atoms with Crippen molar-refractivity contribution in [3.8, 4) is 0 Å². The molecule has 6 nitrogen and oxygen atoms in total. The fourth-order valence-electron chi connectivity index (χ4n) is 4.22. The Kier molecular flexibility index (Phi) is 5.55. The van der Waals surface area contributed by atoms with E-state index in [0.29, 0.717) is 17.5 Å². The maximum absolute atomic E-state index is 12.6. The summed E-state index contributed by atoms with van der Waals surface area (Å²) in [4.78, 5) is 23.7. The van der Waals surface area contributed by atoms with E-state index >= 15 is 0 Å². The number of amides is 1. The minimum absolute atomic E-state index is 0.00683. The zero-order chi connectivity index (χ0) is 18.6. The normalized spacial score (nSPS) is 20.1. The van der Waals surface area contributed by atoms with Crippen LogP contribution in [0.3, 0.4) is 0 Å². The Morgan fingerprint density at radius 2 is 1.78 bits per heavy atom. The van der Waals surface area contributed by atoms with Gasteiger partial charge in [0.15, 0.2) is 12.1 Å². The quantitative estimate of drug-likeness (QED) is 0.830. The second-order valence-corrected chi connectivity index (χ2v) is 7.58. The van der Waals surface area contributed by atoms with Gasteiger partial charge in [-0.1, -0.05) is 30.3 Å². The highest BCUT2D eigenvalue weighted by molar-refractivity contribution is 5.93. The number of carbonyl (C=O) groups excluding carboxylic acids is 1. The first kappa shape index (κ1) is 18.2.